The lowest BCUT2D eigenvalue weighted by Crippen LogP contribution is -2.37. The Kier molecular flexibility index (Phi) is 4.84. The quantitative estimate of drug-likeness (QED) is 0.606. The SMILES string of the molecule is O=NN(CCF)C(=O)NCc1ccccn1. The summed E-state index contributed by atoms with van der Waals surface area (Å²) in [5.41, 5.74) is 0.641. The molecule has 7 heteroatoms. The van der Waals surface area contributed by atoms with Gasteiger partial charge in [0.25, 0.3) is 0 Å². The predicted molar refractivity (Wildman–Crippen MR) is 54.9 cm³/mol. The van der Waals surface area contributed by atoms with Crippen LogP contribution in [0.25, 0.3) is 0 Å². The Hall–Kier alpha value is -2.05. The number of urea groups is 1. The van der Waals surface area contributed by atoms with Crippen LogP contribution in [0.5, 0.6) is 0 Å². The molecule has 1 heterocycles. The molecule has 1 rings (SSSR count). The largest absolute Gasteiger partial charge is 0.340 e. The minimum atomic E-state index is -0.817. The summed E-state index contributed by atoms with van der Waals surface area (Å²) >= 11 is 0. The van der Waals surface area contributed by atoms with Crippen molar-refractivity contribution in [3.05, 3.63) is 35.0 Å². The van der Waals surface area contributed by atoms with Crippen molar-refractivity contribution in [1.29, 1.82) is 0 Å². The molecule has 1 aromatic heterocycles. The summed E-state index contributed by atoms with van der Waals surface area (Å²) in [6, 6.07) is 4.49. The van der Waals surface area contributed by atoms with E-state index in [1.165, 1.54) is 0 Å². The number of nitrogens with one attached hydrogen (secondary N) is 1. The Morgan fingerprint density at radius 1 is 1.56 bits per heavy atom. The van der Waals surface area contributed by atoms with E-state index in [9.17, 15) is 14.1 Å². The number of halogens is 1. The number of amides is 2. The van der Waals surface area contributed by atoms with Gasteiger partial charge in [0.15, 0.2) is 0 Å². The van der Waals surface area contributed by atoms with E-state index in [0.717, 1.165) is 0 Å². The number of pyridine rings is 1. The number of nitroso groups, excluding NO2 is 1. The number of alkyl halides is 1. The first kappa shape index (κ1) is 12.0. The van der Waals surface area contributed by atoms with E-state index in [1.54, 1.807) is 24.4 Å². The molecular formula is C9H11FN4O2. The van der Waals surface area contributed by atoms with Gasteiger partial charge < -0.3 is 5.32 Å². The molecule has 0 unspecified atom stereocenters. The average Bonchev–Trinajstić information content (AvgIpc) is 2.34. The van der Waals surface area contributed by atoms with Crippen molar-refractivity contribution in [2.45, 2.75) is 6.54 Å². The van der Waals surface area contributed by atoms with Crippen molar-refractivity contribution >= 4 is 6.03 Å². The molecule has 0 aliphatic heterocycles. The standard InChI is InChI=1S/C9H11FN4O2/c10-4-6-14(13-16)9(15)12-7-8-3-1-2-5-11-8/h1-3,5H,4,6-7H2,(H,12,15). The van der Waals surface area contributed by atoms with Crippen LogP contribution in [0.2, 0.25) is 0 Å². The Morgan fingerprint density at radius 2 is 2.38 bits per heavy atom. The molecule has 0 aliphatic carbocycles. The molecule has 0 atom stereocenters. The summed E-state index contributed by atoms with van der Waals surface area (Å²) < 4.78 is 11.9. The Morgan fingerprint density at radius 3 is 2.94 bits per heavy atom. The Bertz CT molecular complexity index is 347. The van der Waals surface area contributed by atoms with Crippen molar-refractivity contribution in [1.82, 2.24) is 15.3 Å². The van der Waals surface area contributed by atoms with E-state index >= 15 is 0 Å². The summed E-state index contributed by atoms with van der Waals surface area (Å²) in [5.74, 6) is 0. The van der Waals surface area contributed by atoms with Crippen molar-refractivity contribution in [3.63, 3.8) is 0 Å². The van der Waals surface area contributed by atoms with Crippen LogP contribution >= 0.6 is 0 Å². The zero-order chi connectivity index (χ0) is 11.8. The van der Waals surface area contributed by atoms with Crippen LogP contribution in [0.1, 0.15) is 5.69 Å². The first-order valence-electron chi connectivity index (χ1n) is 4.62. The highest BCUT2D eigenvalue weighted by atomic mass is 19.1. The van der Waals surface area contributed by atoms with Gasteiger partial charge in [0.1, 0.15) is 6.67 Å². The molecule has 0 radical (unpaired) electrons. The lowest BCUT2D eigenvalue weighted by Gasteiger charge is -2.11. The summed E-state index contributed by atoms with van der Waals surface area (Å²) in [4.78, 5) is 25.4. The van der Waals surface area contributed by atoms with Gasteiger partial charge in [-0.25, -0.2) is 9.18 Å². The number of aromatic nitrogens is 1. The van der Waals surface area contributed by atoms with Gasteiger partial charge in [0, 0.05) is 6.20 Å². The smallest absolute Gasteiger partial charge is 0.331 e. The van der Waals surface area contributed by atoms with E-state index in [0.29, 0.717) is 10.7 Å². The third kappa shape index (κ3) is 3.60. The van der Waals surface area contributed by atoms with Crippen molar-refractivity contribution < 1.29 is 9.18 Å². The summed E-state index contributed by atoms with van der Waals surface area (Å²) in [5, 5.41) is 5.29. The fourth-order valence-electron chi connectivity index (χ4n) is 1.02. The second kappa shape index (κ2) is 6.44. The number of hydrogen-bond donors (Lipinski definition) is 1. The fraction of sp³-hybridized carbons (Fsp3) is 0.333. The maximum atomic E-state index is 11.9. The molecule has 0 spiro atoms. The highest BCUT2D eigenvalue weighted by Crippen LogP contribution is 1.95. The number of carbonyl (C=O) groups excluding carboxylic acids is 1. The second-order valence-corrected chi connectivity index (χ2v) is 2.87. The van der Waals surface area contributed by atoms with E-state index in [2.05, 4.69) is 15.6 Å². The van der Waals surface area contributed by atoms with Gasteiger partial charge in [0.05, 0.1) is 24.1 Å². The van der Waals surface area contributed by atoms with Crippen LogP contribution in [-0.2, 0) is 6.54 Å². The first-order valence-corrected chi connectivity index (χ1v) is 4.62. The predicted octanol–water partition coefficient (Wildman–Crippen LogP) is 1.24. The number of hydrogen-bond acceptors (Lipinski definition) is 4. The van der Waals surface area contributed by atoms with Crippen molar-refractivity contribution in [2.24, 2.45) is 5.29 Å². The van der Waals surface area contributed by atoms with Gasteiger partial charge in [-0.2, -0.15) is 5.01 Å². The van der Waals surface area contributed by atoms with E-state index in [4.69, 9.17) is 0 Å². The number of nitrogens with zero attached hydrogens (tertiary/aromatic N) is 3. The van der Waals surface area contributed by atoms with Gasteiger partial charge in [-0.3, -0.25) is 4.98 Å². The van der Waals surface area contributed by atoms with Crippen LogP contribution in [0.4, 0.5) is 9.18 Å². The summed E-state index contributed by atoms with van der Waals surface area (Å²) in [7, 11) is 0. The van der Waals surface area contributed by atoms with E-state index in [-0.39, 0.29) is 13.1 Å². The molecule has 86 valence electrons. The minimum Gasteiger partial charge on any atom is -0.331 e. The molecule has 1 N–H and O–H groups in total. The average molecular weight is 226 g/mol. The van der Waals surface area contributed by atoms with E-state index < -0.39 is 12.7 Å². The van der Waals surface area contributed by atoms with Gasteiger partial charge in [0.2, 0.25) is 0 Å². The van der Waals surface area contributed by atoms with Gasteiger partial charge >= 0.3 is 6.03 Å². The molecule has 0 fully saturated rings. The molecule has 6 nitrogen and oxygen atoms in total. The maximum Gasteiger partial charge on any atom is 0.340 e. The van der Waals surface area contributed by atoms with Crippen molar-refractivity contribution in [3.8, 4) is 0 Å². The van der Waals surface area contributed by atoms with E-state index in [1.807, 2.05) is 0 Å². The molecule has 1 aromatic rings. The van der Waals surface area contributed by atoms with Crippen LogP contribution in [0, 0.1) is 4.91 Å². The van der Waals surface area contributed by atoms with Crippen LogP contribution in [-0.4, -0.2) is 29.2 Å². The van der Waals surface area contributed by atoms with Crippen molar-refractivity contribution in [2.75, 3.05) is 13.2 Å². The maximum absolute atomic E-state index is 11.9. The summed E-state index contributed by atoms with van der Waals surface area (Å²) in [6.07, 6.45) is 1.58. The molecule has 0 saturated heterocycles. The second-order valence-electron chi connectivity index (χ2n) is 2.87. The number of rotatable bonds is 5. The Balaban J connectivity index is 2.42. The fourth-order valence-corrected chi connectivity index (χ4v) is 1.02. The normalized spacial score (nSPS) is 9.56. The molecule has 2 amide bonds. The highest BCUT2D eigenvalue weighted by Gasteiger charge is 2.12. The zero-order valence-electron chi connectivity index (χ0n) is 8.47. The monoisotopic (exact) mass is 226 g/mol. The van der Waals surface area contributed by atoms with Crippen LogP contribution < -0.4 is 5.32 Å². The molecule has 0 bridgehead atoms. The summed E-state index contributed by atoms with van der Waals surface area (Å²) in [6.45, 7) is -1.00. The molecule has 0 saturated carbocycles. The Labute approximate surface area is 91.4 Å². The molecule has 0 aliphatic rings. The minimum absolute atomic E-state index is 0.165. The van der Waals surface area contributed by atoms with Gasteiger partial charge in [-0.15, -0.1) is 4.91 Å². The lowest BCUT2D eigenvalue weighted by molar-refractivity contribution is 0.193. The third-order valence-corrected chi connectivity index (χ3v) is 1.78. The van der Waals surface area contributed by atoms with Crippen LogP contribution in [0.15, 0.2) is 29.7 Å². The van der Waals surface area contributed by atoms with Gasteiger partial charge in [-0.1, -0.05) is 6.07 Å². The number of carbonyl (C=O) groups is 1. The zero-order valence-corrected chi connectivity index (χ0v) is 8.47. The molecule has 16 heavy (non-hydrogen) atoms. The topological polar surface area (TPSA) is 74.7 Å². The third-order valence-electron chi connectivity index (χ3n) is 1.78. The van der Waals surface area contributed by atoms with Gasteiger partial charge in [-0.05, 0) is 12.1 Å². The first-order chi connectivity index (χ1) is 7.77. The highest BCUT2D eigenvalue weighted by molar-refractivity contribution is 5.73. The molecule has 0 aromatic carbocycles. The van der Waals surface area contributed by atoms with Crippen LogP contribution in [0.3, 0.4) is 0 Å². The lowest BCUT2D eigenvalue weighted by atomic mass is 10.3. The molecular weight excluding hydrogens is 215 g/mol.